The van der Waals surface area contributed by atoms with E-state index in [0.717, 1.165) is 48.2 Å². The summed E-state index contributed by atoms with van der Waals surface area (Å²) in [4.78, 5) is 17.6. The van der Waals surface area contributed by atoms with Crippen molar-refractivity contribution in [3.63, 3.8) is 0 Å². The van der Waals surface area contributed by atoms with Crippen LogP contribution in [0.25, 0.3) is 16.6 Å². The van der Waals surface area contributed by atoms with Crippen LogP contribution < -0.4 is 10.6 Å². The highest BCUT2D eigenvalue weighted by Crippen LogP contribution is 2.24. The first-order chi connectivity index (χ1) is 12.8. The number of carbonyl (C=O) groups excluding carboxylic acids is 1. The molecule has 0 radical (unpaired) electrons. The number of piperidine rings is 1. The van der Waals surface area contributed by atoms with Crippen molar-refractivity contribution < 1.29 is 4.79 Å². The summed E-state index contributed by atoms with van der Waals surface area (Å²) in [7, 11) is 0. The lowest BCUT2D eigenvalue weighted by Gasteiger charge is -2.21. The van der Waals surface area contributed by atoms with E-state index in [0.29, 0.717) is 5.56 Å². The average Bonchev–Trinajstić information content (AvgIpc) is 2.73. The number of nitrogens with one attached hydrogen (secondary N) is 2. The van der Waals surface area contributed by atoms with Gasteiger partial charge in [0.2, 0.25) is 0 Å². The van der Waals surface area contributed by atoms with Crippen molar-refractivity contribution in [3.8, 4) is 0 Å². The molecule has 1 fully saturated rings. The van der Waals surface area contributed by atoms with Crippen molar-refractivity contribution in [1.29, 1.82) is 0 Å². The fraction of sp³-hybridized carbons (Fsp3) is 0.182. The van der Waals surface area contributed by atoms with E-state index in [1.165, 1.54) is 5.57 Å². The number of benzene rings is 2. The molecule has 26 heavy (non-hydrogen) atoms. The minimum Gasteiger partial charge on any atom is -0.320 e. The standard InChI is InChI=1S/C22H21N3O/c26-22(18-7-2-1-3-8-18)25-21(17-12-14-23-15-13-17)20-11-10-16-6-4-5-9-19(16)24-20/h1-11,23H,12-15H2,(H,25,26). The highest BCUT2D eigenvalue weighted by atomic mass is 16.1. The summed E-state index contributed by atoms with van der Waals surface area (Å²) in [5, 5.41) is 7.60. The second kappa shape index (κ2) is 7.50. The molecule has 1 aliphatic rings. The summed E-state index contributed by atoms with van der Waals surface area (Å²) in [6.45, 7) is 1.85. The lowest BCUT2D eigenvalue weighted by Crippen LogP contribution is -2.28. The zero-order valence-corrected chi connectivity index (χ0v) is 14.5. The van der Waals surface area contributed by atoms with Crippen LogP contribution in [-0.4, -0.2) is 24.0 Å². The lowest BCUT2D eigenvalue weighted by atomic mass is 10.00. The topological polar surface area (TPSA) is 54.0 Å². The number of pyridine rings is 1. The van der Waals surface area contributed by atoms with E-state index >= 15 is 0 Å². The van der Waals surface area contributed by atoms with Crippen LogP contribution in [0, 0.1) is 0 Å². The number of amides is 1. The van der Waals surface area contributed by atoms with Gasteiger partial charge in [-0.3, -0.25) is 4.79 Å². The van der Waals surface area contributed by atoms with Crippen molar-refractivity contribution in [2.75, 3.05) is 13.1 Å². The van der Waals surface area contributed by atoms with Crippen LogP contribution in [0.1, 0.15) is 28.9 Å². The van der Waals surface area contributed by atoms with E-state index < -0.39 is 0 Å². The van der Waals surface area contributed by atoms with Gasteiger partial charge in [0.15, 0.2) is 0 Å². The molecule has 0 bridgehead atoms. The number of fused-ring (bicyclic) bond motifs is 1. The maximum Gasteiger partial charge on any atom is 0.255 e. The summed E-state index contributed by atoms with van der Waals surface area (Å²) >= 11 is 0. The first kappa shape index (κ1) is 16.5. The predicted octanol–water partition coefficient (Wildman–Crippen LogP) is 3.76. The van der Waals surface area contributed by atoms with Crippen molar-refractivity contribution in [3.05, 3.63) is 83.6 Å². The quantitative estimate of drug-likeness (QED) is 0.761. The van der Waals surface area contributed by atoms with E-state index in [4.69, 9.17) is 4.98 Å². The van der Waals surface area contributed by atoms with E-state index in [9.17, 15) is 4.79 Å². The van der Waals surface area contributed by atoms with Crippen molar-refractivity contribution >= 4 is 22.5 Å². The Labute approximate surface area is 153 Å². The second-order valence-electron chi connectivity index (χ2n) is 6.44. The molecule has 2 heterocycles. The molecule has 0 atom stereocenters. The number of hydrogen-bond acceptors (Lipinski definition) is 3. The molecule has 3 aromatic rings. The minimum absolute atomic E-state index is 0.0957. The first-order valence-corrected chi connectivity index (χ1v) is 8.96. The highest BCUT2D eigenvalue weighted by molar-refractivity contribution is 6.00. The van der Waals surface area contributed by atoms with Crippen LogP contribution in [0.3, 0.4) is 0 Å². The van der Waals surface area contributed by atoms with Crippen LogP contribution in [0.2, 0.25) is 0 Å². The number of rotatable bonds is 3. The van der Waals surface area contributed by atoms with Crippen molar-refractivity contribution in [2.45, 2.75) is 12.8 Å². The molecular weight excluding hydrogens is 322 g/mol. The smallest absolute Gasteiger partial charge is 0.255 e. The fourth-order valence-electron chi connectivity index (χ4n) is 3.29. The van der Waals surface area contributed by atoms with Gasteiger partial charge in [0.05, 0.1) is 16.9 Å². The zero-order valence-electron chi connectivity index (χ0n) is 14.5. The Morgan fingerprint density at radius 1 is 0.885 bits per heavy atom. The SMILES string of the molecule is O=C(NC(=C1CCNCC1)c1ccc2ccccc2n1)c1ccccc1. The summed E-state index contributed by atoms with van der Waals surface area (Å²) in [6.07, 6.45) is 1.83. The van der Waals surface area contributed by atoms with E-state index in [1.807, 2.05) is 60.7 Å². The Balaban J connectivity index is 1.74. The maximum absolute atomic E-state index is 12.7. The van der Waals surface area contributed by atoms with Gasteiger partial charge < -0.3 is 10.6 Å². The van der Waals surface area contributed by atoms with Crippen molar-refractivity contribution in [2.24, 2.45) is 0 Å². The Hall–Kier alpha value is -2.98. The van der Waals surface area contributed by atoms with E-state index in [2.05, 4.69) is 16.7 Å². The molecule has 1 aromatic heterocycles. The molecule has 0 unspecified atom stereocenters. The van der Waals surface area contributed by atoms with Crippen LogP contribution in [-0.2, 0) is 0 Å². The van der Waals surface area contributed by atoms with Gasteiger partial charge in [-0.25, -0.2) is 4.98 Å². The first-order valence-electron chi connectivity index (χ1n) is 8.96. The molecule has 2 N–H and O–H groups in total. The zero-order chi connectivity index (χ0) is 17.8. The van der Waals surface area contributed by atoms with Gasteiger partial charge in [0, 0.05) is 10.9 Å². The van der Waals surface area contributed by atoms with Gasteiger partial charge in [-0.2, -0.15) is 0 Å². The summed E-state index contributed by atoms with van der Waals surface area (Å²) < 4.78 is 0. The van der Waals surface area contributed by atoms with E-state index in [1.54, 1.807) is 0 Å². The number of para-hydroxylation sites is 1. The normalized spacial score (nSPS) is 14.2. The molecule has 1 saturated heterocycles. The Kier molecular flexibility index (Phi) is 4.75. The third kappa shape index (κ3) is 3.51. The van der Waals surface area contributed by atoms with Crippen LogP contribution >= 0.6 is 0 Å². The van der Waals surface area contributed by atoms with Gasteiger partial charge in [0.25, 0.3) is 5.91 Å². The summed E-state index contributed by atoms with van der Waals surface area (Å²) in [6, 6.07) is 21.4. The molecule has 0 saturated carbocycles. The molecule has 4 heteroatoms. The Morgan fingerprint density at radius 3 is 2.42 bits per heavy atom. The molecule has 0 spiro atoms. The predicted molar refractivity (Wildman–Crippen MR) is 105 cm³/mol. The third-order valence-electron chi connectivity index (χ3n) is 4.69. The monoisotopic (exact) mass is 343 g/mol. The summed E-state index contributed by atoms with van der Waals surface area (Å²) in [5.74, 6) is -0.0957. The van der Waals surface area contributed by atoms with Gasteiger partial charge in [0.1, 0.15) is 0 Å². The molecule has 1 amide bonds. The molecular formula is C22H21N3O. The number of aromatic nitrogens is 1. The van der Waals surface area contributed by atoms with Crippen LogP contribution in [0.15, 0.2) is 72.3 Å². The Morgan fingerprint density at radius 2 is 1.62 bits per heavy atom. The second-order valence-corrected chi connectivity index (χ2v) is 6.44. The average molecular weight is 343 g/mol. The number of nitrogens with zero attached hydrogens (tertiary/aromatic N) is 1. The van der Waals surface area contributed by atoms with Crippen LogP contribution in [0.4, 0.5) is 0 Å². The molecule has 4 nitrogen and oxygen atoms in total. The number of hydrogen-bond donors (Lipinski definition) is 2. The van der Waals surface area contributed by atoms with E-state index in [-0.39, 0.29) is 5.91 Å². The van der Waals surface area contributed by atoms with Crippen LogP contribution in [0.5, 0.6) is 0 Å². The molecule has 130 valence electrons. The van der Waals surface area contributed by atoms with Gasteiger partial charge in [-0.1, -0.05) is 42.5 Å². The molecule has 0 aliphatic carbocycles. The fourth-order valence-corrected chi connectivity index (χ4v) is 3.29. The largest absolute Gasteiger partial charge is 0.320 e. The molecule has 2 aromatic carbocycles. The molecule has 1 aliphatic heterocycles. The maximum atomic E-state index is 12.7. The minimum atomic E-state index is -0.0957. The lowest BCUT2D eigenvalue weighted by molar-refractivity contribution is 0.0973. The third-order valence-corrected chi connectivity index (χ3v) is 4.69. The summed E-state index contributed by atoms with van der Waals surface area (Å²) in [5.41, 5.74) is 4.51. The molecule has 4 rings (SSSR count). The van der Waals surface area contributed by atoms with Crippen molar-refractivity contribution in [1.82, 2.24) is 15.6 Å². The van der Waals surface area contributed by atoms with Gasteiger partial charge in [-0.15, -0.1) is 0 Å². The van der Waals surface area contributed by atoms with Gasteiger partial charge in [-0.05, 0) is 55.8 Å². The number of carbonyl (C=O) groups is 1. The Bertz CT molecular complexity index is 955. The van der Waals surface area contributed by atoms with Gasteiger partial charge >= 0.3 is 0 Å². The highest BCUT2D eigenvalue weighted by Gasteiger charge is 2.17.